The third-order valence-electron chi connectivity index (χ3n) is 8.16. The van der Waals surface area contributed by atoms with E-state index in [4.69, 9.17) is 0 Å². The first-order valence-corrected chi connectivity index (χ1v) is 15.2. The Hall–Kier alpha value is -6.44. The summed E-state index contributed by atoms with van der Waals surface area (Å²) in [5, 5.41) is 2.33. The van der Waals surface area contributed by atoms with Gasteiger partial charge in [0.1, 0.15) is 0 Å². The monoisotopic (exact) mass is 588 g/mol. The number of hydrogen-bond donors (Lipinski definition) is 0. The van der Waals surface area contributed by atoms with Gasteiger partial charge in [0.25, 0.3) is 0 Å². The molecule has 0 bridgehead atoms. The minimum Gasteiger partial charge on any atom is -0.311 e. The molecule has 8 rings (SSSR count). The third kappa shape index (κ3) is 5.06. The number of para-hydroxylation sites is 4. The van der Waals surface area contributed by atoms with Gasteiger partial charge < -0.3 is 9.47 Å². The minimum absolute atomic E-state index is 0.787. The molecule has 216 valence electrons. The molecular formula is C42H28N4. The predicted molar refractivity (Wildman–Crippen MR) is 189 cm³/mol. The van der Waals surface area contributed by atoms with Crippen molar-refractivity contribution in [3.05, 3.63) is 181 Å². The Bertz CT molecular complexity index is 2300. The standard InChI is InChI=1S/C42H28N4/c1-4-12-33(13-5-1)45(34-14-6-2-7-15-34)36-24-21-31(22-25-36)20-23-32-28-39-37-18-10-11-19-41(37)46(35-16-8-3-9-17-35)42(39)29-38(32)40-30-43-26-27-44-40/h1-19,21-22,24-30H. The summed E-state index contributed by atoms with van der Waals surface area (Å²) in [6.45, 7) is 0. The van der Waals surface area contributed by atoms with Crippen molar-refractivity contribution in [3.63, 3.8) is 0 Å². The van der Waals surface area contributed by atoms with E-state index in [0.717, 1.165) is 61.6 Å². The summed E-state index contributed by atoms with van der Waals surface area (Å²) >= 11 is 0. The van der Waals surface area contributed by atoms with Crippen LogP contribution >= 0.6 is 0 Å². The van der Waals surface area contributed by atoms with Crippen LogP contribution in [0.15, 0.2) is 170 Å². The van der Waals surface area contributed by atoms with Gasteiger partial charge in [-0.2, -0.15) is 0 Å². The zero-order valence-corrected chi connectivity index (χ0v) is 25.0. The van der Waals surface area contributed by atoms with Gasteiger partial charge in [-0.05, 0) is 78.9 Å². The molecule has 4 nitrogen and oxygen atoms in total. The molecule has 0 fully saturated rings. The van der Waals surface area contributed by atoms with E-state index in [0.29, 0.717) is 0 Å². The first kappa shape index (κ1) is 27.1. The molecule has 0 unspecified atom stereocenters. The molecule has 8 aromatic rings. The van der Waals surface area contributed by atoms with Crippen molar-refractivity contribution in [2.75, 3.05) is 4.90 Å². The summed E-state index contributed by atoms with van der Waals surface area (Å²) in [7, 11) is 0. The molecule has 0 amide bonds. The van der Waals surface area contributed by atoms with E-state index in [-0.39, 0.29) is 0 Å². The Labute approximate surface area is 267 Å². The van der Waals surface area contributed by atoms with Gasteiger partial charge in [-0.25, -0.2) is 0 Å². The van der Waals surface area contributed by atoms with Crippen LogP contribution in [-0.4, -0.2) is 14.5 Å². The molecule has 0 atom stereocenters. The van der Waals surface area contributed by atoms with Gasteiger partial charge in [0, 0.05) is 62.6 Å². The molecule has 0 aliphatic carbocycles. The highest BCUT2D eigenvalue weighted by Crippen LogP contribution is 2.37. The number of nitrogens with zero attached hydrogens (tertiary/aromatic N) is 4. The van der Waals surface area contributed by atoms with Crippen LogP contribution in [0.2, 0.25) is 0 Å². The lowest BCUT2D eigenvalue weighted by molar-refractivity contribution is 1.17. The van der Waals surface area contributed by atoms with E-state index in [1.807, 2.05) is 18.2 Å². The molecule has 46 heavy (non-hydrogen) atoms. The van der Waals surface area contributed by atoms with Crippen LogP contribution in [0.1, 0.15) is 11.1 Å². The summed E-state index contributed by atoms with van der Waals surface area (Å²) < 4.78 is 2.31. The summed E-state index contributed by atoms with van der Waals surface area (Å²) in [5.41, 5.74) is 10.2. The van der Waals surface area contributed by atoms with Gasteiger partial charge in [-0.15, -0.1) is 0 Å². The second-order valence-electron chi connectivity index (χ2n) is 11.0. The largest absolute Gasteiger partial charge is 0.311 e. The lowest BCUT2D eigenvalue weighted by Crippen LogP contribution is -2.09. The number of hydrogen-bond acceptors (Lipinski definition) is 3. The fourth-order valence-corrected chi connectivity index (χ4v) is 6.06. The predicted octanol–water partition coefficient (Wildman–Crippen LogP) is 10.1. The molecular weight excluding hydrogens is 560 g/mol. The molecule has 2 aromatic heterocycles. The van der Waals surface area contributed by atoms with Crippen LogP contribution in [0.5, 0.6) is 0 Å². The summed E-state index contributed by atoms with van der Waals surface area (Å²) in [6.07, 6.45) is 5.23. The Morgan fingerprint density at radius 3 is 1.83 bits per heavy atom. The molecule has 0 N–H and O–H groups in total. The fraction of sp³-hybridized carbons (Fsp3) is 0. The van der Waals surface area contributed by atoms with Gasteiger partial charge in [0.2, 0.25) is 0 Å². The van der Waals surface area contributed by atoms with Gasteiger partial charge in [-0.1, -0.05) is 84.6 Å². The normalized spacial score (nSPS) is 10.9. The van der Waals surface area contributed by atoms with Crippen LogP contribution in [0.4, 0.5) is 17.1 Å². The number of anilines is 3. The first-order chi connectivity index (χ1) is 22.8. The number of rotatable bonds is 5. The van der Waals surface area contributed by atoms with E-state index in [9.17, 15) is 0 Å². The van der Waals surface area contributed by atoms with Crippen LogP contribution in [0.3, 0.4) is 0 Å². The van der Waals surface area contributed by atoms with E-state index in [2.05, 4.69) is 165 Å². The van der Waals surface area contributed by atoms with E-state index < -0.39 is 0 Å². The van der Waals surface area contributed by atoms with Crippen molar-refractivity contribution in [3.8, 4) is 28.8 Å². The summed E-state index contributed by atoms with van der Waals surface area (Å²) in [4.78, 5) is 11.3. The fourth-order valence-electron chi connectivity index (χ4n) is 6.06. The highest BCUT2D eigenvalue weighted by atomic mass is 15.1. The van der Waals surface area contributed by atoms with Crippen molar-refractivity contribution in [2.45, 2.75) is 0 Å². The van der Waals surface area contributed by atoms with Gasteiger partial charge >= 0.3 is 0 Å². The van der Waals surface area contributed by atoms with E-state index >= 15 is 0 Å². The maximum absolute atomic E-state index is 4.67. The summed E-state index contributed by atoms with van der Waals surface area (Å²) in [5.74, 6) is 6.95. The number of fused-ring (bicyclic) bond motifs is 3. The van der Waals surface area contributed by atoms with Gasteiger partial charge in [-0.3, -0.25) is 9.97 Å². The molecule has 6 aromatic carbocycles. The molecule has 0 saturated heterocycles. The van der Waals surface area contributed by atoms with Crippen molar-refractivity contribution in [2.24, 2.45) is 0 Å². The molecule has 0 saturated carbocycles. The summed E-state index contributed by atoms with van der Waals surface area (Å²) in [6, 6.07) is 52.7. The molecule has 2 heterocycles. The average molecular weight is 589 g/mol. The molecule has 4 heteroatoms. The van der Waals surface area contributed by atoms with Crippen molar-refractivity contribution < 1.29 is 0 Å². The van der Waals surface area contributed by atoms with Crippen molar-refractivity contribution in [1.29, 1.82) is 0 Å². The maximum atomic E-state index is 4.67. The van der Waals surface area contributed by atoms with Crippen LogP contribution < -0.4 is 4.90 Å². The smallest absolute Gasteiger partial charge is 0.0898 e. The second-order valence-corrected chi connectivity index (χ2v) is 11.0. The molecule has 0 radical (unpaired) electrons. The highest BCUT2D eigenvalue weighted by Gasteiger charge is 2.16. The lowest BCUT2D eigenvalue weighted by atomic mass is 10.0. The number of benzene rings is 6. The molecule has 0 aliphatic rings. The quantitative estimate of drug-likeness (QED) is 0.188. The second kappa shape index (κ2) is 11.9. The average Bonchev–Trinajstić information content (AvgIpc) is 3.46. The topological polar surface area (TPSA) is 34.0 Å². The number of aromatic nitrogens is 3. The van der Waals surface area contributed by atoms with Crippen LogP contribution in [0.25, 0.3) is 38.8 Å². The van der Waals surface area contributed by atoms with E-state index in [1.165, 1.54) is 5.39 Å². The van der Waals surface area contributed by atoms with Crippen molar-refractivity contribution >= 4 is 38.9 Å². The van der Waals surface area contributed by atoms with Gasteiger partial charge in [0.15, 0.2) is 0 Å². The Kier molecular flexibility index (Phi) is 7.03. The van der Waals surface area contributed by atoms with Gasteiger partial charge in [0.05, 0.1) is 22.9 Å². The van der Waals surface area contributed by atoms with Crippen LogP contribution in [-0.2, 0) is 0 Å². The zero-order chi connectivity index (χ0) is 30.7. The van der Waals surface area contributed by atoms with Crippen molar-refractivity contribution in [1.82, 2.24) is 14.5 Å². The van der Waals surface area contributed by atoms with E-state index in [1.54, 1.807) is 18.6 Å². The Balaban J connectivity index is 1.25. The SMILES string of the molecule is C(#Cc1cc2c3ccccc3n(-c3ccccc3)c2cc1-c1cnccn1)c1ccc(N(c2ccccc2)c2ccccc2)cc1. The molecule has 0 spiro atoms. The highest BCUT2D eigenvalue weighted by molar-refractivity contribution is 6.11. The third-order valence-corrected chi connectivity index (χ3v) is 8.16. The molecule has 0 aliphatic heterocycles. The first-order valence-electron chi connectivity index (χ1n) is 15.2. The zero-order valence-electron chi connectivity index (χ0n) is 25.0. The van der Waals surface area contributed by atoms with Crippen LogP contribution in [0, 0.1) is 11.8 Å². The maximum Gasteiger partial charge on any atom is 0.0898 e. The lowest BCUT2D eigenvalue weighted by Gasteiger charge is -2.25. The Morgan fingerprint density at radius 2 is 1.15 bits per heavy atom. The minimum atomic E-state index is 0.787. The Morgan fingerprint density at radius 1 is 0.522 bits per heavy atom.